The van der Waals surface area contributed by atoms with E-state index in [4.69, 9.17) is 0 Å². The lowest BCUT2D eigenvalue weighted by molar-refractivity contribution is -0.133. The first-order valence-corrected chi connectivity index (χ1v) is 11.5. The Morgan fingerprint density at radius 2 is 1.87 bits per heavy atom. The third-order valence-electron chi connectivity index (χ3n) is 5.71. The third-order valence-corrected chi connectivity index (χ3v) is 6.86. The van der Waals surface area contributed by atoms with Gasteiger partial charge in [-0.05, 0) is 49.4 Å². The van der Waals surface area contributed by atoms with Crippen molar-refractivity contribution in [3.8, 4) is 0 Å². The molecular weight excluding hydrogens is 415 g/mol. The van der Waals surface area contributed by atoms with Gasteiger partial charge in [-0.2, -0.15) is 5.10 Å². The first-order chi connectivity index (χ1) is 14.8. The molecule has 4 rings (SSSR count). The molecule has 0 unspecified atom stereocenters. The predicted molar refractivity (Wildman–Crippen MR) is 120 cm³/mol. The molecule has 3 heterocycles. The van der Waals surface area contributed by atoms with Gasteiger partial charge in [0.15, 0.2) is 0 Å². The van der Waals surface area contributed by atoms with E-state index in [9.17, 15) is 14.0 Å². The van der Waals surface area contributed by atoms with Crippen LogP contribution < -0.4 is 5.32 Å². The minimum Gasteiger partial charge on any atom is -0.341 e. The maximum Gasteiger partial charge on any atom is 0.262 e. The molecule has 31 heavy (non-hydrogen) atoms. The molecular formula is C23H27FN4O2S. The van der Waals surface area contributed by atoms with E-state index in [1.54, 1.807) is 12.1 Å². The van der Waals surface area contributed by atoms with Gasteiger partial charge < -0.3 is 10.2 Å². The van der Waals surface area contributed by atoms with Gasteiger partial charge in [0.2, 0.25) is 5.91 Å². The lowest BCUT2D eigenvalue weighted by Gasteiger charge is -2.26. The van der Waals surface area contributed by atoms with Crippen LogP contribution in [-0.2, 0) is 11.3 Å². The molecule has 1 saturated heterocycles. The number of likely N-dealkylation sites (tertiary alicyclic amines) is 1. The number of nitrogens with zero attached hydrogens (tertiary/aromatic N) is 3. The summed E-state index contributed by atoms with van der Waals surface area (Å²) < 4.78 is 15.0. The molecule has 164 valence electrons. The lowest BCUT2D eigenvalue weighted by Crippen LogP contribution is -2.50. The highest BCUT2D eigenvalue weighted by molar-refractivity contribution is 7.20. The first kappa shape index (κ1) is 21.5. The van der Waals surface area contributed by atoms with Crippen LogP contribution >= 0.6 is 11.3 Å². The van der Waals surface area contributed by atoms with Crippen molar-refractivity contribution < 1.29 is 14.0 Å². The molecule has 1 aliphatic heterocycles. The number of benzene rings is 1. The van der Waals surface area contributed by atoms with Crippen LogP contribution in [-0.4, -0.2) is 45.6 Å². The second-order valence-corrected chi connectivity index (χ2v) is 9.46. The van der Waals surface area contributed by atoms with E-state index < -0.39 is 6.04 Å². The summed E-state index contributed by atoms with van der Waals surface area (Å²) in [5.41, 5.74) is 1.77. The minimum absolute atomic E-state index is 0.000580. The Kier molecular flexibility index (Phi) is 6.09. The van der Waals surface area contributed by atoms with Gasteiger partial charge in [-0.25, -0.2) is 4.39 Å². The highest BCUT2D eigenvalue weighted by atomic mass is 32.1. The number of thiophene rings is 1. The Morgan fingerprint density at radius 1 is 1.19 bits per heavy atom. The normalized spacial score (nSPS) is 15.1. The summed E-state index contributed by atoms with van der Waals surface area (Å²) in [7, 11) is 0. The van der Waals surface area contributed by atoms with E-state index in [0.29, 0.717) is 11.4 Å². The van der Waals surface area contributed by atoms with Crippen LogP contribution in [0.5, 0.6) is 0 Å². The fourth-order valence-electron chi connectivity index (χ4n) is 3.95. The molecule has 0 bridgehead atoms. The zero-order valence-electron chi connectivity index (χ0n) is 18.0. The molecule has 3 aromatic rings. The number of rotatable bonds is 6. The van der Waals surface area contributed by atoms with Gasteiger partial charge in [0.1, 0.15) is 16.7 Å². The van der Waals surface area contributed by atoms with Gasteiger partial charge in [-0.15, -0.1) is 11.3 Å². The highest BCUT2D eigenvalue weighted by Gasteiger charge is 2.31. The Labute approximate surface area is 185 Å². The molecule has 1 aliphatic rings. The number of aryl methyl sites for hydroxylation is 1. The number of hydrogen-bond acceptors (Lipinski definition) is 4. The fraction of sp³-hybridized carbons (Fsp3) is 0.435. The molecule has 0 spiro atoms. The number of nitrogens with one attached hydrogen (secondary N) is 1. The van der Waals surface area contributed by atoms with Gasteiger partial charge in [0.05, 0.1) is 17.1 Å². The maximum absolute atomic E-state index is 13.2. The number of amides is 2. The first-order valence-electron chi connectivity index (χ1n) is 10.6. The standard InChI is InChI=1S/C23H27FN4O2S/c1-14(2)20(22(30)27-10-4-5-11-27)25-21(29)19-12-18-15(3)26-28(23(18)31-19)13-16-6-8-17(24)9-7-16/h6-9,12,14,20H,4-5,10-11,13H2,1-3H3,(H,25,29)/t20-/m0/s1. The average molecular weight is 443 g/mol. The maximum atomic E-state index is 13.2. The quantitative estimate of drug-likeness (QED) is 0.628. The van der Waals surface area contributed by atoms with Crippen molar-refractivity contribution in [3.05, 3.63) is 52.3 Å². The van der Waals surface area contributed by atoms with Crippen LogP contribution in [0.4, 0.5) is 4.39 Å². The zero-order chi connectivity index (χ0) is 22.1. The average Bonchev–Trinajstić information content (AvgIpc) is 3.46. The van der Waals surface area contributed by atoms with Gasteiger partial charge in [0, 0.05) is 18.5 Å². The van der Waals surface area contributed by atoms with Crippen molar-refractivity contribution in [1.29, 1.82) is 0 Å². The van der Waals surface area contributed by atoms with E-state index in [-0.39, 0.29) is 23.5 Å². The van der Waals surface area contributed by atoms with Crippen LogP contribution in [0.2, 0.25) is 0 Å². The smallest absolute Gasteiger partial charge is 0.262 e. The summed E-state index contributed by atoms with van der Waals surface area (Å²) in [6.45, 7) is 7.83. The van der Waals surface area contributed by atoms with Crippen molar-refractivity contribution in [1.82, 2.24) is 20.0 Å². The number of halogens is 1. The topological polar surface area (TPSA) is 67.2 Å². The summed E-state index contributed by atoms with van der Waals surface area (Å²) in [6, 6.07) is 7.64. The minimum atomic E-state index is -0.535. The largest absolute Gasteiger partial charge is 0.341 e. The van der Waals surface area contributed by atoms with Crippen LogP contribution in [0, 0.1) is 18.7 Å². The monoisotopic (exact) mass is 442 g/mol. The molecule has 1 aromatic carbocycles. The summed E-state index contributed by atoms with van der Waals surface area (Å²) in [4.78, 5) is 29.2. The Balaban J connectivity index is 1.55. The van der Waals surface area contributed by atoms with E-state index in [1.807, 2.05) is 36.4 Å². The third kappa shape index (κ3) is 4.49. The predicted octanol–water partition coefficient (Wildman–Crippen LogP) is 3.97. The fourth-order valence-corrected chi connectivity index (χ4v) is 5.02. The summed E-state index contributed by atoms with van der Waals surface area (Å²) in [5.74, 6) is -0.508. The van der Waals surface area contributed by atoms with E-state index >= 15 is 0 Å². The van der Waals surface area contributed by atoms with Crippen molar-refractivity contribution in [3.63, 3.8) is 0 Å². The van der Waals surface area contributed by atoms with E-state index in [0.717, 1.165) is 47.4 Å². The molecule has 6 nitrogen and oxygen atoms in total. The zero-order valence-corrected chi connectivity index (χ0v) is 18.8. The summed E-state index contributed by atoms with van der Waals surface area (Å²) >= 11 is 1.36. The van der Waals surface area contributed by atoms with Crippen molar-refractivity contribution in [2.24, 2.45) is 5.92 Å². The van der Waals surface area contributed by atoms with Gasteiger partial charge >= 0.3 is 0 Å². The molecule has 0 aliphatic carbocycles. The van der Waals surface area contributed by atoms with E-state index in [2.05, 4.69) is 10.4 Å². The van der Waals surface area contributed by atoms with Crippen LogP contribution in [0.1, 0.15) is 47.6 Å². The molecule has 0 saturated carbocycles. The SMILES string of the molecule is Cc1nn(Cc2ccc(F)cc2)c2sc(C(=O)N[C@H](C(=O)N3CCCC3)C(C)C)cc12. The van der Waals surface area contributed by atoms with Crippen LogP contribution in [0.15, 0.2) is 30.3 Å². The van der Waals surface area contributed by atoms with E-state index in [1.165, 1.54) is 23.5 Å². The number of fused-ring (bicyclic) bond motifs is 1. The van der Waals surface area contributed by atoms with Crippen LogP contribution in [0.25, 0.3) is 10.2 Å². The second kappa shape index (κ2) is 8.78. The molecule has 2 aromatic heterocycles. The Morgan fingerprint density at radius 3 is 2.52 bits per heavy atom. The van der Waals surface area contributed by atoms with Crippen LogP contribution in [0.3, 0.4) is 0 Å². The van der Waals surface area contributed by atoms with Gasteiger partial charge in [-0.1, -0.05) is 26.0 Å². The molecule has 1 fully saturated rings. The van der Waals surface area contributed by atoms with Crippen molar-refractivity contribution in [2.45, 2.75) is 46.2 Å². The number of hydrogen-bond donors (Lipinski definition) is 1. The summed E-state index contributed by atoms with van der Waals surface area (Å²) in [5, 5.41) is 8.46. The lowest BCUT2D eigenvalue weighted by atomic mass is 10.0. The van der Waals surface area contributed by atoms with Crippen molar-refractivity contribution >= 4 is 33.4 Å². The molecule has 1 N–H and O–H groups in total. The number of aromatic nitrogens is 2. The van der Waals surface area contributed by atoms with Gasteiger partial charge in [-0.3, -0.25) is 14.3 Å². The second-order valence-electron chi connectivity index (χ2n) is 8.43. The summed E-state index contributed by atoms with van der Waals surface area (Å²) in [6.07, 6.45) is 2.04. The molecule has 2 amide bonds. The Hall–Kier alpha value is -2.74. The molecule has 1 atom stereocenters. The molecule has 8 heteroatoms. The van der Waals surface area contributed by atoms with Gasteiger partial charge in [0.25, 0.3) is 5.91 Å². The molecule has 0 radical (unpaired) electrons. The highest BCUT2D eigenvalue weighted by Crippen LogP contribution is 2.29. The number of carbonyl (C=O) groups is 2. The number of carbonyl (C=O) groups excluding carboxylic acids is 2. The van der Waals surface area contributed by atoms with Crippen molar-refractivity contribution in [2.75, 3.05) is 13.1 Å². The Bertz CT molecular complexity index is 1100.